The Bertz CT molecular complexity index is 484. The third-order valence-corrected chi connectivity index (χ3v) is 4.31. The Morgan fingerprint density at radius 1 is 1.29 bits per heavy atom. The Morgan fingerprint density at radius 2 is 1.86 bits per heavy atom. The number of halogens is 2. The number of fused-ring (bicyclic) bond motifs is 1. The molecule has 2 rings (SSSR count). The van der Waals surface area contributed by atoms with Crippen molar-refractivity contribution in [1.29, 1.82) is 0 Å². The van der Waals surface area contributed by atoms with E-state index in [2.05, 4.69) is 15.9 Å². The highest BCUT2D eigenvalue weighted by Gasteiger charge is 2.20. The van der Waals surface area contributed by atoms with Crippen LogP contribution in [0, 0.1) is 0 Å². The molecule has 1 aliphatic heterocycles. The smallest absolute Gasteiger partial charge is 0.262 e. The van der Waals surface area contributed by atoms with E-state index in [4.69, 9.17) is 15.4 Å². The SMILES string of the molecule is O=S(=O)(Cl)c1cc2c(cc1Br)COC2. The predicted octanol–water partition coefficient (Wildman–Crippen LogP) is 2.41. The summed E-state index contributed by atoms with van der Waals surface area (Å²) in [6, 6.07) is 3.28. The molecule has 0 fully saturated rings. The second-order valence-electron chi connectivity index (χ2n) is 2.98. The highest BCUT2D eigenvalue weighted by molar-refractivity contribution is 9.10. The van der Waals surface area contributed by atoms with Crippen LogP contribution in [-0.2, 0) is 27.0 Å². The zero-order valence-corrected chi connectivity index (χ0v) is 10.1. The molecule has 1 aromatic carbocycles. The Balaban J connectivity index is 2.65. The molecule has 0 unspecified atom stereocenters. The van der Waals surface area contributed by atoms with E-state index >= 15 is 0 Å². The molecule has 0 N–H and O–H groups in total. The first kappa shape index (κ1) is 10.4. The number of ether oxygens (including phenoxy) is 1. The molecular formula is C8H6BrClO3S. The first-order valence-electron chi connectivity index (χ1n) is 3.82. The summed E-state index contributed by atoms with van der Waals surface area (Å²) in [5.74, 6) is 0. The van der Waals surface area contributed by atoms with Gasteiger partial charge in [0.05, 0.1) is 18.1 Å². The number of benzene rings is 1. The maximum absolute atomic E-state index is 11.1. The van der Waals surface area contributed by atoms with Gasteiger partial charge in [0.2, 0.25) is 0 Å². The summed E-state index contributed by atoms with van der Waals surface area (Å²) in [6.07, 6.45) is 0. The average Bonchev–Trinajstić information content (AvgIpc) is 2.47. The van der Waals surface area contributed by atoms with Crippen molar-refractivity contribution in [2.75, 3.05) is 0 Å². The molecule has 0 bridgehead atoms. The van der Waals surface area contributed by atoms with E-state index in [1.165, 1.54) is 0 Å². The normalized spacial score (nSPS) is 15.6. The Hall–Kier alpha value is -0.100. The second kappa shape index (κ2) is 3.48. The van der Waals surface area contributed by atoms with Crippen LogP contribution in [0.2, 0.25) is 0 Å². The van der Waals surface area contributed by atoms with Crippen LogP contribution in [0.25, 0.3) is 0 Å². The minimum absolute atomic E-state index is 0.100. The Morgan fingerprint density at radius 3 is 2.43 bits per heavy atom. The molecule has 0 radical (unpaired) electrons. The van der Waals surface area contributed by atoms with E-state index in [0.717, 1.165) is 11.1 Å². The molecule has 76 valence electrons. The third-order valence-electron chi connectivity index (χ3n) is 2.03. The molecule has 1 aliphatic rings. The molecular weight excluding hydrogens is 292 g/mol. The van der Waals surface area contributed by atoms with Crippen LogP contribution in [0.15, 0.2) is 21.5 Å². The van der Waals surface area contributed by atoms with Gasteiger partial charge in [-0.2, -0.15) is 0 Å². The van der Waals surface area contributed by atoms with Crippen molar-refractivity contribution in [2.45, 2.75) is 18.1 Å². The van der Waals surface area contributed by atoms with Gasteiger partial charge < -0.3 is 4.74 Å². The quantitative estimate of drug-likeness (QED) is 0.748. The number of rotatable bonds is 1. The summed E-state index contributed by atoms with van der Waals surface area (Å²) in [4.78, 5) is 0.100. The zero-order chi connectivity index (χ0) is 10.3. The van der Waals surface area contributed by atoms with Gasteiger partial charge in [0.1, 0.15) is 0 Å². The molecule has 0 amide bonds. The van der Waals surface area contributed by atoms with Crippen molar-refractivity contribution < 1.29 is 13.2 Å². The lowest BCUT2D eigenvalue weighted by Gasteiger charge is -2.03. The van der Waals surface area contributed by atoms with Crippen molar-refractivity contribution in [1.82, 2.24) is 0 Å². The van der Waals surface area contributed by atoms with E-state index in [9.17, 15) is 8.42 Å². The van der Waals surface area contributed by atoms with Gasteiger partial charge in [-0.25, -0.2) is 8.42 Å². The molecule has 0 atom stereocenters. The molecule has 6 heteroatoms. The van der Waals surface area contributed by atoms with Gasteiger partial charge in [-0.05, 0) is 39.2 Å². The van der Waals surface area contributed by atoms with Crippen LogP contribution in [-0.4, -0.2) is 8.42 Å². The van der Waals surface area contributed by atoms with E-state index in [1.807, 2.05) is 0 Å². The van der Waals surface area contributed by atoms with Gasteiger partial charge in [-0.15, -0.1) is 0 Å². The molecule has 14 heavy (non-hydrogen) atoms. The van der Waals surface area contributed by atoms with E-state index in [-0.39, 0.29) is 4.90 Å². The van der Waals surface area contributed by atoms with Gasteiger partial charge >= 0.3 is 0 Å². The topological polar surface area (TPSA) is 43.4 Å². The maximum Gasteiger partial charge on any atom is 0.262 e. The first-order chi connectivity index (χ1) is 6.48. The molecule has 0 aromatic heterocycles. The van der Waals surface area contributed by atoms with Gasteiger partial charge in [0, 0.05) is 15.2 Å². The number of hydrogen-bond donors (Lipinski definition) is 0. The summed E-state index contributed by atoms with van der Waals surface area (Å²) in [6.45, 7) is 0.971. The zero-order valence-electron chi connectivity index (χ0n) is 6.96. The van der Waals surface area contributed by atoms with Crippen LogP contribution < -0.4 is 0 Å². The van der Waals surface area contributed by atoms with Crippen LogP contribution in [0.4, 0.5) is 0 Å². The van der Waals surface area contributed by atoms with Crippen molar-refractivity contribution in [3.8, 4) is 0 Å². The summed E-state index contributed by atoms with van der Waals surface area (Å²) in [5.41, 5.74) is 1.88. The number of hydrogen-bond acceptors (Lipinski definition) is 3. The standard InChI is InChI=1S/C8H6BrClO3S/c9-7-1-5-3-13-4-6(5)2-8(7)14(10,11)12/h1-2H,3-4H2. The monoisotopic (exact) mass is 296 g/mol. The summed E-state index contributed by atoms with van der Waals surface area (Å²) >= 11 is 3.17. The predicted molar refractivity (Wildman–Crippen MR) is 55.7 cm³/mol. The maximum atomic E-state index is 11.1. The van der Waals surface area contributed by atoms with Crippen LogP contribution in [0.1, 0.15) is 11.1 Å². The molecule has 1 aromatic rings. The fourth-order valence-corrected chi connectivity index (χ4v) is 3.63. The molecule has 0 aliphatic carbocycles. The van der Waals surface area contributed by atoms with Gasteiger partial charge in [-0.3, -0.25) is 0 Å². The van der Waals surface area contributed by atoms with Crippen LogP contribution in [0.3, 0.4) is 0 Å². The molecule has 3 nitrogen and oxygen atoms in total. The van der Waals surface area contributed by atoms with Crippen molar-refractivity contribution in [3.63, 3.8) is 0 Å². The third kappa shape index (κ3) is 1.82. The van der Waals surface area contributed by atoms with Crippen LogP contribution >= 0.6 is 26.6 Å². The van der Waals surface area contributed by atoms with Crippen LogP contribution in [0.5, 0.6) is 0 Å². The Labute approximate surface area is 94.6 Å². The lowest BCUT2D eigenvalue weighted by molar-refractivity contribution is 0.134. The minimum atomic E-state index is -3.69. The van der Waals surface area contributed by atoms with E-state index in [1.54, 1.807) is 12.1 Å². The fourth-order valence-electron chi connectivity index (χ4n) is 1.36. The fraction of sp³-hybridized carbons (Fsp3) is 0.250. The van der Waals surface area contributed by atoms with Crippen molar-refractivity contribution in [2.24, 2.45) is 0 Å². The largest absolute Gasteiger partial charge is 0.372 e. The minimum Gasteiger partial charge on any atom is -0.372 e. The van der Waals surface area contributed by atoms with Gasteiger partial charge in [-0.1, -0.05) is 0 Å². The second-order valence-corrected chi connectivity index (χ2v) is 6.37. The summed E-state index contributed by atoms with van der Waals surface area (Å²) in [7, 11) is 1.58. The average molecular weight is 298 g/mol. The lowest BCUT2D eigenvalue weighted by atomic mass is 10.1. The molecule has 0 saturated heterocycles. The van der Waals surface area contributed by atoms with Crippen molar-refractivity contribution in [3.05, 3.63) is 27.7 Å². The molecule has 0 spiro atoms. The molecule has 1 heterocycles. The highest BCUT2D eigenvalue weighted by atomic mass is 79.9. The van der Waals surface area contributed by atoms with Gasteiger partial charge in [0.25, 0.3) is 9.05 Å². The first-order valence-corrected chi connectivity index (χ1v) is 6.92. The molecule has 0 saturated carbocycles. The van der Waals surface area contributed by atoms with Gasteiger partial charge in [0.15, 0.2) is 0 Å². The van der Waals surface area contributed by atoms with E-state index in [0.29, 0.717) is 17.7 Å². The Kier molecular flexibility index (Phi) is 2.59. The summed E-state index contributed by atoms with van der Waals surface area (Å²) in [5, 5.41) is 0. The lowest BCUT2D eigenvalue weighted by Crippen LogP contribution is -1.95. The van der Waals surface area contributed by atoms with Crippen molar-refractivity contribution >= 4 is 35.7 Å². The van der Waals surface area contributed by atoms with E-state index < -0.39 is 9.05 Å². The summed E-state index contributed by atoms with van der Waals surface area (Å²) < 4.78 is 28.0. The highest BCUT2D eigenvalue weighted by Crippen LogP contribution is 2.31.